The van der Waals surface area contributed by atoms with Gasteiger partial charge in [0.25, 0.3) is 5.56 Å². The number of nitrogens with zero attached hydrogens (tertiary/aromatic N) is 7. The van der Waals surface area contributed by atoms with Crippen molar-refractivity contribution in [2.24, 2.45) is 0 Å². The molecule has 0 aliphatic carbocycles. The highest BCUT2D eigenvalue weighted by molar-refractivity contribution is 5.76. The van der Waals surface area contributed by atoms with Crippen LogP contribution < -0.4 is 10.5 Å². The van der Waals surface area contributed by atoms with Gasteiger partial charge < -0.3 is 9.80 Å². The zero-order valence-electron chi connectivity index (χ0n) is 14.7. The van der Waals surface area contributed by atoms with E-state index < -0.39 is 5.56 Å². The first kappa shape index (κ1) is 17.5. The highest BCUT2D eigenvalue weighted by atomic mass is 16.2. The molecule has 134 valence electrons. The van der Waals surface area contributed by atoms with Crippen LogP contribution in [0.5, 0.6) is 0 Å². The Morgan fingerprint density at radius 3 is 2.46 bits per heavy atom. The minimum absolute atomic E-state index is 0.0383. The number of carbonyl (C=O) groups excluding carboxylic acids is 1. The van der Waals surface area contributed by atoms with Gasteiger partial charge in [0.2, 0.25) is 11.9 Å². The second-order valence-corrected chi connectivity index (χ2v) is 6.08. The van der Waals surface area contributed by atoms with E-state index in [1.54, 1.807) is 37.2 Å². The summed E-state index contributed by atoms with van der Waals surface area (Å²) < 4.78 is 1.08. The number of hydrogen-bond acceptors (Lipinski definition) is 7. The van der Waals surface area contributed by atoms with Crippen molar-refractivity contribution in [1.29, 1.82) is 5.26 Å². The van der Waals surface area contributed by atoms with Crippen molar-refractivity contribution in [1.82, 2.24) is 24.6 Å². The zero-order valence-corrected chi connectivity index (χ0v) is 14.7. The summed E-state index contributed by atoms with van der Waals surface area (Å²) in [5.41, 5.74) is 0.634. The molecular weight excluding hydrogens is 334 g/mol. The number of aromatic nitrogens is 4. The Morgan fingerprint density at radius 1 is 1.19 bits per heavy atom. The summed E-state index contributed by atoms with van der Waals surface area (Å²) >= 11 is 0. The van der Waals surface area contributed by atoms with Gasteiger partial charge in [0.05, 0.1) is 5.69 Å². The molecule has 3 heterocycles. The normalized spacial score (nSPS) is 14.2. The standard InChI is InChI=1S/C17H19N7O2/c1-12-13(2)21-24(16(26)14(12)10-18)11-15(25)22-6-8-23(9-7-22)17-19-4-3-5-20-17/h3-5H,6-9,11H2,1-2H3. The predicted molar refractivity (Wildman–Crippen MR) is 93.5 cm³/mol. The Hall–Kier alpha value is -3.28. The van der Waals surface area contributed by atoms with Crippen molar-refractivity contribution in [2.45, 2.75) is 20.4 Å². The summed E-state index contributed by atoms with van der Waals surface area (Å²) in [5.74, 6) is 0.450. The molecule has 2 aromatic rings. The van der Waals surface area contributed by atoms with Crippen LogP contribution in [0.15, 0.2) is 23.3 Å². The van der Waals surface area contributed by atoms with E-state index in [1.807, 2.05) is 11.0 Å². The third-order valence-corrected chi connectivity index (χ3v) is 4.50. The number of rotatable bonds is 3. The van der Waals surface area contributed by atoms with Gasteiger partial charge in [0, 0.05) is 38.6 Å². The number of carbonyl (C=O) groups is 1. The van der Waals surface area contributed by atoms with Crippen LogP contribution in [0.25, 0.3) is 0 Å². The number of nitriles is 1. The molecule has 0 radical (unpaired) electrons. The van der Waals surface area contributed by atoms with Gasteiger partial charge in [-0.25, -0.2) is 14.6 Å². The molecule has 0 bridgehead atoms. The molecule has 1 aliphatic heterocycles. The summed E-state index contributed by atoms with van der Waals surface area (Å²) in [6.45, 7) is 5.50. The molecule has 0 N–H and O–H groups in total. The second-order valence-electron chi connectivity index (χ2n) is 6.08. The lowest BCUT2D eigenvalue weighted by Gasteiger charge is -2.34. The van der Waals surface area contributed by atoms with Gasteiger partial charge in [0.15, 0.2) is 0 Å². The minimum Gasteiger partial charge on any atom is -0.338 e. The number of amides is 1. The number of piperazine rings is 1. The van der Waals surface area contributed by atoms with E-state index in [2.05, 4.69) is 15.1 Å². The van der Waals surface area contributed by atoms with Crippen molar-refractivity contribution in [3.63, 3.8) is 0 Å². The Morgan fingerprint density at radius 2 is 1.85 bits per heavy atom. The minimum atomic E-state index is -0.528. The molecule has 0 saturated carbocycles. The molecule has 9 heteroatoms. The van der Waals surface area contributed by atoms with Crippen LogP contribution in [0.3, 0.4) is 0 Å². The highest BCUT2D eigenvalue weighted by Crippen LogP contribution is 2.10. The molecule has 0 atom stereocenters. The Balaban J connectivity index is 1.68. The molecule has 9 nitrogen and oxygen atoms in total. The smallest absolute Gasteiger partial charge is 0.285 e. The molecule has 1 aliphatic rings. The average Bonchev–Trinajstić information content (AvgIpc) is 2.67. The molecule has 26 heavy (non-hydrogen) atoms. The van der Waals surface area contributed by atoms with E-state index in [-0.39, 0.29) is 18.0 Å². The molecular formula is C17H19N7O2. The van der Waals surface area contributed by atoms with Crippen LogP contribution in [-0.2, 0) is 11.3 Å². The fraction of sp³-hybridized carbons (Fsp3) is 0.412. The zero-order chi connectivity index (χ0) is 18.7. The first-order valence-electron chi connectivity index (χ1n) is 8.29. The van der Waals surface area contributed by atoms with Gasteiger partial charge in [-0.1, -0.05) is 0 Å². The van der Waals surface area contributed by atoms with Crippen LogP contribution >= 0.6 is 0 Å². The SMILES string of the molecule is Cc1nn(CC(=O)N2CCN(c3ncccn3)CC2)c(=O)c(C#N)c1C. The van der Waals surface area contributed by atoms with E-state index in [9.17, 15) is 9.59 Å². The molecule has 2 aromatic heterocycles. The predicted octanol–water partition coefficient (Wildman–Crippen LogP) is -0.129. The van der Waals surface area contributed by atoms with E-state index in [4.69, 9.17) is 5.26 Å². The third kappa shape index (κ3) is 3.39. The van der Waals surface area contributed by atoms with Crippen LogP contribution in [-0.4, -0.2) is 56.7 Å². The monoisotopic (exact) mass is 353 g/mol. The number of hydrogen-bond donors (Lipinski definition) is 0. The third-order valence-electron chi connectivity index (χ3n) is 4.50. The lowest BCUT2D eigenvalue weighted by molar-refractivity contribution is -0.132. The maximum Gasteiger partial charge on any atom is 0.285 e. The van der Waals surface area contributed by atoms with Gasteiger partial charge >= 0.3 is 0 Å². The molecule has 3 rings (SSSR count). The van der Waals surface area contributed by atoms with Crippen molar-refractivity contribution in [3.8, 4) is 6.07 Å². The van der Waals surface area contributed by atoms with Crippen molar-refractivity contribution >= 4 is 11.9 Å². The molecule has 0 aromatic carbocycles. The van der Waals surface area contributed by atoms with Gasteiger partial charge in [-0.05, 0) is 25.5 Å². The fourth-order valence-electron chi connectivity index (χ4n) is 2.85. The summed E-state index contributed by atoms with van der Waals surface area (Å²) in [4.78, 5) is 37.0. The molecule has 1 amide bonds. The van der Waals surface area contributed by atoms with Crippen LogP contribution in [0.4, 0.5) is 5.95 Å². The topological polar surface area (TPSA) is 108 Å². The molecule has 1 saturated heterocycles. The van der Waals surface area contributed by atoms with Gasteiger partial charge in [-0.15, -0.1) is 0 Å². The van der Waals surface area contributed by atoms with E-state index >= 15 is 0 Å². The largest absolute Gasteiger partial charge is 0.338 e. The molecule has 0 spiro atoms. The van der Waals surface area contributed by atoms with Gasteiger partial charge in [-0.2, -0.15) is 10.4 Å². The lowest BCUT2D eigenvalue weighted by Crippen LogP contribution is -2.50. The van der Waals surface area contributed by atoms with E-state index in [0.29, 0.717) is 43.4 Å². The Bertz CT molecular complexity index is 909. The Labute approximate surface area is 150 Å². The van der Waals surface area contributed by atoms with E-state index in [0.717, 1.165) is 4.68 Å². The molecule has 0 unspecified atom stereocenters. The first-order valence-corrected chi connectivity index (χ1v) is 8.29. The maximum atomic E-state index is 12.6. The highest BCUT2D eigenvalue weighted by Gasteiger charge is 2.23. The fourth-order valence-corrected chi connectivity index (χ4v) is 2.85. The second kappa shape index (κ2) is 7.31. The summed E-state index contributed by atoms with van der Waals surface area (Å²) in [6, 6.07) is 3.66. The number of aryl methyl sites for hydroxylation is 1. The summed E-state index contributed by atoms with van der Waals surface area (Å²) in [5, 5.41) is 13.3. The first-order chi connectivity index (χ1) is 12.5. The quantitative estimate of drug-likeness (QED) is 0.756. The lowest BCUT2D eigenvalue weighted by atomic mass is 10.1. The van der Waals surface area contributed by atoms with Gasteiger partial charge in [-0.3, -0.25) is 9.59 Å². The van der Waals surface area contributed by atoms with Crippen molar-refractivity contribution in [2.75, 3.05) is 31.1 Å². The van der Waals surface area contributed by atoms with Crippen LogP contribution in [0, 0.1) is 25.2 Å². The van der Waals surface area contributed by atoms with Crippen LogP contribution in [0.1, 0.15) is 16.8 Å². The number of anilines is 1. The molecule has 1 fully saturated rings. The average molecular weight is 353 g/mol. The Kier molecular flexibility index (Phi) is 4.93. The van der Waals surface area contributed by atoms with E-state index in [1.165, 1.54) is 0 Å². The van der Waals surface area contributed by atoms with Gasteiger partial charge in [0.1, 0.15) is 18.2 Å². The van der Waals surface area contributed by atoms with Crippen LogP contribution in [0.2, 0.25) is 0 Å². The van der Waals surface area contributed by atoms with Crippen molar-refractivity contribution < 1.29 is 4.79 Å². The summed E-state index contributed by atoms with van der Waals surface area (Å²) in [6.07, 6.45) is 3.37. The van der Waals surface area contributed by atoms with Crippen molar-refractivity contribution in [3.05, 3.63) is 45.6 Å². The summed E-state index contributed by atoms with van der Waals surface area (Å²) in [7, 11) is 0. The maximum absolute atomic E-state index is 12.6.